The number of carbonyl (C=O) groups is 1. The Balaban J connectivity index is 2.17. The molecule has 2 rings (SSSR count). The molecule has 1 unspecified atom stereocenters. The van der Waals surface area contributed by atoms with Crippen LogP contribution >= 0.6 is 0 Å². The van der Waals surface area contributed by atoms with Gasteiger partial charge in [0.1, 0.15) is 6.61 Å². The molecule has 0 bridgehead atoms. The standard InChI is InChI=1S/C9H9NO4/c11-9(10-12)8-5-13-6-3-1-2-4-7(6)14-8/h1-4,8,12H,5H2,(H,10,11). The van der Waals surface area contributed by atoms with Crippen molar-refractivity contribution in [3.8, 4) is 11.5 Å². The van der Waals surface area contributed by atoms with Gasteiger partial charge in [-0.15, -0.1) is 0 Å². The molecule has 1 aromatic rings. The monoisotopic (exact) mass is 195 g/mol. The van der Waals surface area contributed by atoms with Gasteiger partial charge in [-0.05, 0) is 12.1 Å². The minimum atomic E-state index is -0.796. The Morgan fingerprint density at radius 1 is 1.43 bits per heavy atom. The van der Waals surface area contributed by atoms with Crippen LogP contribution in [-0.2, 0) is 4.79 Å². The van der Waals surface area contributed by atoms with E-state index in [1.165, 1.54) is 5.48 Å². The molecular weight excluding hydrogens is 186 g/mol. The zero-order valence-corrected chi connectivity index (χ0v) is 7.27. The molecule has 0 saturated carbocycles. The molecule has 0 aromatic heterocycles. The lowest BCUT2D eigenvalue weighted by atomic mass is 10.2. The molecule has 1 heterocycles. The van der Waals surface area contributed by atoms with Crippen LogP contribution in [0.2, 0.25) is 0 Å². The van der Waals surface area contributed by atoms with E-state index in [4.69, 9.17) is 14.7 Å². The Morgan fingerprint density at radius 3 is 2.86 bits per heavy atom. The van der Waals surface area contributed by atoms with Gasteiger partial charge in [-0.2, -0.15) is 0 Å². The number of carbonyl (C=O) groups excluding carboxylic acids is 1. The second kappa shape index (κ2) is 3.55. The van der Waals surface area contributed by atoms with Gasteiger partial charge in [-0.25, -0.2) is 5.48 Å². The van der Waals surface area contributed by atoms with Gasteiger partial charge in [0, 0.05) is 0 Å². The maximum atomic E-state index is 11.0. The van der Waals surface area contributed by atoms with Crippen molar-refractivity contribution >= 4 is 5.91 Å². The lowest BCUT2D eigenvalue weighted by molar-refractivity contribution is -0.138. The fourth-order valence-electron chi connectivity index (χ4n) is 1.22. The molecule has 1 aliphatic rings. The van der Waals surface area contributed by atoms with Gasteiger partial charge in [-0.1, -0.05) is 12.1 Å². The number of hydrogen-bond acceptors (Lipinski definition) is 4. The van der Waals surface area contributed by atoms with E-state index < -0.39 is 12.0 Å². The fourth-order valence-corrected chi connectivity index (χ4v) is 1.22. The van der Waals surface area contributed by atoms with Gasteiger partial charge in [0.25, 0.3) is 5.91 Å². The zero-order chi connectivity index (χ0) is 9.97. The van der Waals surface area contributed by atoms with Crippen molar-refractivity contribution in [2.45, 2.75) is 6.10 Å². The summed E-state index contributed by atoms with van der Waals surface area (Å²) >= 11 is 0. The number of fused-ring (bicyclic) bond motifs is 1. The molecule has 0 fully saturated rings. The van der Waals surface area contributed by atoms with Gasteiger partial charge < -0.3 is 9.47 Å². The summed E-state index contributed by atoms with van der Waals surface area (Å²) in [5.74, 6) is 0.501. The van der Waals surface area contributed by atoms with Crippen LogP contribution in [0.1, 0.15) is 0 Å². The summed E-state index contributed by atoms with van der Waals surface area (Å²) < 4.78 is 10.5. The third-order valence-corrected chi connectivity index (χ3v) is 1.91. The van der Waals surface area contributed by atoms with E-state index in [2.05, 4.69) is 0 Å². The largest absolute Gasteiger partial charge is 0.485 e. The quantitative estimate of drug-likeness (QED) is 0.500. The minimum Gasteiger partial charge on any atom is -0.485 e. The summed E-state index contributed by atoms with van der Waals surface area (Å²) in [6.45, 7) is 0.101. The Bertz CT molecular complexity index is 352. The lowest BCUT2D eigenvalue weighted by Gasteiger charge is -2.24. The molecular formula is C9H9NO4. The van der Waals surface area contributed by atoms with Gasteiger partial charge >= 0.3 is 0 Å². The smallest absolute Gasteiger partial charge is 0.287 e. The topological polar surface area (TPSA) is 67.8 Å². The maximum Gasteiger partial charge on any atom is 0.287 e. The third-order valence-electron chi connectivity index (χ3n) is 1.91. The van der Waals surface area contributed by atoms with Crippen LogP contribution in [0.25, 0.3) is 0 Å². The molecule has 74 valence electrons. The number of ether oxygens (including phenoxy) is 2. The average molecular weight is 195 g/mol. The minimum absolute atomic E-state index is 0.101. The molecule has 1 amide bonds. The number of nitrogens with one attached hydrogen (secondary N) is 1. The fraction of sp³-hybridized carbons (Fsp3) is 0.222. The van der Waals surface area contributed by atoms with E-state index in [-0.39, 0.29) is 6.61 Å². The maximum absolute atomic E-state index is 11.0. The highest BCUT2D eigenvalue weighted by atomic mass is 16.6. The van der Waals surface area contributed by atoms with Gasteiger partial charge in [0.2, 0.25) is 6.10 Å². The average Bonchev–Trinajstić information content (AvgIpc) is 2.27. The summed E-state index contributed by atoms with van der Waals surface area (Å²) in [6, 6.07) is 7.05. The number of hydrogen-bond donors (Lipinski definition) is 2. The van der Waals surface area contributed by atoms with Crippen molar-refractivity contribution in [1.82, 2.24) is 5.48 Å². The van der Waals surface area contributed by atoms with E-state index in [1.54, 1.807) is 18.2 Å². The van der Waals surface area contributed by atoms with Crippen molar-refractivity contribution < 1.29 is 19.5 Å². The molecule has 0 spiro atoms. The predicted octanol–water partition coefficient (Wildman–Crippen LogP) is 0.332. The highest BCUT2D eigenvalue weighted by Crippen LogP contribution is 2.30. The predicted molar refractivity (Wildman–Crippen MR) is 46.3 cm³/mol. The van der Waals surface area contributed by atoms with E-state index in [1.807, 2.05) is 6.07 Å². The summed E-state index contributed by atoms with van der Waals surface area (Å²) in [7, 11) is 0. The molecule has 0 radical (unpaired) electrons. The molecule has 0 saturated heterocycles. The van der Waals surface area contributed by atoms with Crippen molar-refractivity contribution in [3.63, 3.8) is 0 Å². The Kier molecular flexibility index (Phi) is 2.24. The van der Waals surface area contributed by atoms with Crippen molar-refractivity contribution in [3.05, 3.63) is 24.3 Å². The third kappa shape index (κ3) is 1.49. The molecule has 0 aliphatic carbocycles. The first kappa shape index (κ1) is 8.83. The first-order valence-electron chi connectivity index (χ1n) is 4.13. The van der Waals surface area contributed by atoms with Crippen LogP contribution in [0, 0.1) is 0 Å². The number of hydroxylamine groups is 1. The molecule has 14 heavy (non-hydrogen) atoms. The Labute approximate surface area is 80.2 Å². The van der Waals surface area contributed by atoms with Gasteiger partial charge in [0.15, 0.2) is 11.5 Å². The summed E-state index contributed by atoms with van der Waals surface area (Å²) in [4.78, 5) is 11.0. The second-order valence-electron chi connectivity index (χ2n) is 2.84. The van der Waals surface area contributed by atoms with Gasteiger partial charge in [-0.3, -0.25) is 10.0 Å². The normalized spacial score (nSPS) is 18.8. The molecule has 2 N–H and O–H groups in total. The zero-order valence-electron chi connectivity index (χ0n) is 7.27. The number of rotatable bonds is 1. The first-order chi connectivity index (χ1) is 6.81. The molecule has 5 nitrogen and oxygen atoms in total. The molecule has 1 aliphatic heterocycles. The number of amides is 1. The van der Waals surface area contributed by atoms with Crippen LogP contribution in [0.15, 0.2) is 24.3 Å². The first-order valence-corrected chi connectivity index (χ1v) is 4.13. The summed E-state index contributed by atoms with van der Waals surface area (Å²) in [5, 5.41) is 8.40. The summed E-state index contributed by atoms with van der Waals surface area (Å²) in [6.07, 6.45) is -0.796. The van der Waals surface area contributed by atoms with Crippen LogP contribution < -0.4 is 15.0 Å². The van der Waals surface area contributed by atoms with Crippen molar-refractivity contribution in [1.29, 1.82) is 0 Å². The molecule has 5 heteroatoms. The number of benzene rings is 1. The van der Waals surface area contributed by atoms with Crippen LogP contribution in [0.4, 0.5) is 0 Å². The van der Waals surface area contributed by atoms with Crippen LogP contribution in [-0.4, -0.2) is 23.8 Å². The highest BCUT2D eigenvalue weighted by Gasteiger charge is 2.26. The Hall–Kier alpha value is -1.75. The van der Waals surface area contributed by atoms with E-state index in [0.717, 1.165) is 0 Å². The SMILES string of the molecule is O=C(NO)C1COc2ccccc2O1. The highest BCUT2D eigenvalue weighted by molar-refractivity contribution is 5.80. The Morgan fingerprint density at radius 2 is 2.14 bits per heavy atom. The van der Waals surface area contributed by atoms with Gasteiger partial charge in [0.05, 0.1) is 0 Å². The lowest BCUT2D eigenvalue weighted by Crippen LogP contribution is -2.42. The van der Waals surface area contributed by atoms with Crippen molar-refractivity contribution in [2.75, 3.05) is 6.61 Å². The van der Waals surface area contributed by atoms with Crippen LogP contribution in [0.5, 0.6) is 11.5 Å². The van der Waals surface area contributed by atoms with E-state index in [0.29, 0.717) is 11.5 Å². The van der Waals surface area contributed by atoms with E-state index in [9.17, 15) is 4.79 Å². The van der Waals surface area contributed by atoms with Crippen LogP contribution in [0.3, 0.4) is 0 Å². The second-order valence-corrected chi connectivity index (χ2v) is 2.84. The molecule has 1 atom stereocenters. The van der Waals surface area contributed by atoms with Crippen molar-refractivity contribution in [2.24, 2.45) is 0 Å². The number of para-hydroxylation sites is 2. The molecule has 1 aromatic carbocycles. The summed E-state index contributed by atoms with van der Waals surface area (Å²) in [5.41, 5.74) is 1.52. The van der Waals surface area contributed by atoms with E-state index >= 15 is 0 Å².